The first-order chi connectivity index (χ1) is 33.4. The van der Waals surface area contributed by atoms with Crippen molar-refractivity contribution in [3.63, 3.8) is 0 Å². The fourth-order valence-corrected chi connectivity index (χ4v) is 10.7. The molecule has 0 radical (unpaired) electrons. The van der Waals surface area contributed by atoms with Crippen LogP contribution >= 0.6 is 0 Å². The van der Waals surface area contributed by atoms with Crippen molar-refractivity contribution >= 4 is 64.8 Å². The van der Waals surface area contributed by atoms with Crippen molar-refractivity contribution in [2.45, 2.75) is 113 Å². The van der Waals surface area contributed by atoms with Crippen LogP contribution in [0.4, 0.5) is 5.69 Å². The quantitative estimate of drug-likeness (QED) is 0.178. The van der Waals surface area contributed by atoms with Gasteiger partial charge in [-0.05, 0) is 101 Å². The van der Waals surface area contributed by atoms with E-state index in [1.54, 1.807) is 30.5 Å². The molecule has 6 atom stereocenters. The van der Waals surface area contributed by atoms with Gasteiger partial charge < -0.3 is 50.7 Å². The second-order valence-corrected chi connectivity index (χ2v) is 18.4. The zero-order valence-corrected chi connectivity index (χ0v) is 38.6. The number of nitrogens with zero attached hydrogens (tertiary/aromatic N) is 8. The van der Waals surface area contributed by atoms with Gasteiger partial charge >= 0.3 is 0 Å². The fraction of sp³-hybridized carbons (Fsp3) is 0.574. The van der Waals surface area contributed by atoms with Crippen LogP contribution in [-0.2, 0) is 43.2 Å². The predicted molar refractivity (Wildman–Crippen MR) is 244 cm³/mol. The van der Waals surface area contributed by atoms with E-state index in [0.29, 0.717) is 114 Å². The molecule has 4 N–H and O–H groups in total. The van der Waals surface area contributed by atoms with Gasteiger partial charge in [0.05, 0.1) is 37.1 Å². The Morgan fingerprint density at radius 3 is 1.19 bits per heavy atom. The molecule has 8 rings (SSSR count). The first kappa shape index (κ1) is 48.5. The Kier molecular flexibility index (Phi) is 15.4. The Hall–Kier alpha value is -7.00. The normalized spacial score (nSPS) is 24.3. The van der Waals surface area contributed by atoms with Crippen molar-refractivity contribution < 1.29 is 47.9 Å². The zero-order valence-electron chi connectivity index (χ0n) is 38.6. The van der Waals surface area contributed by atoms with Crippen molar-refractivity contribution in [3.8, 4) is 0 Å². The number of carbonyl (C=O) groups excluding carboxylic acids is 10. The van der Waals surface area contributed by atoms with Crippen LogP contribution in [0.5, 0.6) is 0 Å². The molecular formula is C47H60N12O10. The lowest BCUT2D eigenvalue weighted by Gasteiger charge is -2.32. The lowest BCUT2D eigenvalue weighted by Crippen LogP contribution is -2.56. The minimum absolute atomic E-state index is 0.273. The SMILES string of the molecule is O=C(NCC(=O)N1CCC[C@H]1C(=O)N1CCC[C@H]1C(=O)NCC(=O)N1CCC[C@H]1C(=O)N1CCC[C@H]1C(=O)NCC(=O)N1CCC[C@H]1C(=O)N1CCC[C@H]1C(=O)Nc1cccnc1)c1cccnc1. The van der Waals surface area contributed by atoms with E-state index in [-0.39, 0.29) is 43.9 Å². The summed E-state index contributed by atoms with van der Waals surface area (Å²) < 4.78 is 0. The van der Waals surface area contributed by atoms with E-state index in [1.165, 1.54) is 48.0 Å². The molecule has 0 aliphatic carbocycles. The van der Waals surface area contributed by atoms with Crippen LogP contribution < -0.4 is 21.3 Å². The van der Waals surface area contributed by atoms with Crippen LogP contribution in [-0.4, -0.2) is 194 Å². The molecule has 22 heteroatoms. The van der Waals surface area contributed by atoms with Gasteiger partial charge in [-0.2, -0.15) is 0 Å². The van der Waals surface area contributed by atoms with Gasteiger partial charge in [0.2, 0.25) is 53.2 Å². The smallest absolute Gasteiger partial charge is 0.253 e. The fourth-order valence-electron chi connectivity index (χ4n) is 10.7. The number of amides is 10. The van der Waals surface area contributed by atoms with Crippen LogP contribution in [0.1, 0.15) is 87.4 Å². The van der Waals surface area contributed by atoms with Gasteiger partial charge in [0.15, 0.2) is 0 Å². The third kappa shape index (κ3) is 10.8. The summed E-state index contributed by atoms with van der Waals surface area (Å²) in [7, 11) is 0. The molecule has 6 aliphatic rings. The monoisotopic (exact) mass is 952 g/mol. The molecule has 2 aromatic heterocycles. The van der Waals surface area contributed by atoms with Crippen molar-refractivity contribution in [2.75, 3.05) is 64.2 Å². The van der Waals surface area contributed by atoms with Gasteiger partial charge in [-0.3, -0.25) is 57.9 Å². The topological polar surface area (TPSA) is 264 Å². The van der Waals surface area contributed by atoms with Gasteiger partial charge in [0, 0.05) is 57.9 Å². The molecule has 6 aliphatic heterocycles. The largest absolute Gasteiger partial charge is 0.345 e. The molecule has 0 bridgehead atoms. The Morgan fingerprint density at radius 1 is 0.435 bits per heavy atom. The van der Waals surface area contributed by atoms with Gasteiger partial charge in [0.25, 0.3) is 5.91 Å². The van der Waals surface area contributed by atoms with E-state index in [9.17, 15) is 47.9 Å². The Labute approximate surface area is 399 Å². The van der Waals surface area contributed by atoms with Crippen LogP contribution in [0.25, 0.3) is 0 Å². The first-order valence-electron chi connectivity index (χ1n) is 24.2. The molecule has 0 unspecified atom stereocenters. The summed E-state index contributed by atoms with van der Waals surface area (Å²) in [5.41, 5.74) is 0.816. The summed E-state index contributed by atoms with van der Waals surface area (Å²) in [6.07, 6.45) is 11.9. The highest BCUT2D eigenvalue weighted by molar-refractivity contribution is 6.00. The summed E-state index contributed by atoms with van der Waals surface area (Å²) in [6.45, 7) is 0.798. The molecule has 69 heavy (non-hydrogen) atoms. The number of nitrogens with one attached hydrogen (secondary N) is 4. The molecule has 0 spiro atoms. The second-order valence-electron chi connectivity index (χ2n) is 18.4. The minimum Gasteiger partial charge on any atom is -0.345 e. The number of rotatable bonds is 14. The average molecular weight is 953 g/mol. The number of hydrogen-bond acceptors (Lipinski definition) is 12. The molecule has 8 heterocycles. The van der Waals surface area contributed by atoms with Gasteiger partial charge in [-0.25, -0.2) is 0 Å². The Balaban J connectivity index is 0.797. The molecule has 22 nitrogen and oxygen atoms in total. The number of anilines is 1. The molecule has 368 valence electrons. The Bertz CT molecular complexity index is 2300. The van der Waals surface area contributed by atoms with Crippen molar-refractivity contribution in [1.29, 1.82) is 0 Å². The summed E-state index contributed by atoms with van der Waals surface area (Å²) in [4.78, 5) is 152. The summed E-state index contributed by atoms with van der Waals surface area (Å²) in [6, 6.07) is 1.76. The Morgan fingerprint density at radius 2 is 0.797 bits per heavy atom. The third-order valence-corrected chi connectivity index (χ3v) is 14.2. The highest BCUT2D eigenvalue weighted by atomic mass is 16.2. The predicted octanol–water partition coefficient (Wildman–Crippen LogP) is -0.976. The highest BCUT2D eigenvalue weighted by Gasteiger charge is 2.46. The van der Waals surface area contributed by atoms with E-state index in [1.807, 2.05) is 0 Å². The van der Waals surface area contributed by atoms with Gasteiger partial charge in [0.1, 0.15) is 36.3 Å². The minimum atomic E-state index is -0.871. The van der Waals surface area contributed by atoms with E-state index >= 15 is 0 Å². The molecule has 6 saturated heterocycles. The maximum Gasteiger partial charge on any atom is 0.253 e. The zero-order chi connectivity index (χ0) is 48.6. The maximum absolute atomic E-state index is 14.1. The van der Waals surface area contributed by atoms with E-state index in [2.05, 4.69) is 31.2 Å². The average Bonchev–Trinajstić information content (AvgIpc) is 4.24. The van der Waals surface area contributed by atoms with Crippen molar-refractivity contribution in [3.05, 3.63) is 54.6 Å². The lowest BCUT2D eigenvalue weighted by molar-refractivity contribution is -0.148. The molecule has 2 aromatic rings. The number of likely N-dealkylation sites (tertiary alicyclic amines) is 6. The van der Waals surface area contributed by atoms with Crippen LogP contribution in [0.15, 0.2) is 49.1 Å². The molecule has 10 amide bonds. The van der Waals surface area contributed by atoms with Crippen molar-refractivity contribution in [1.82, 2.24) is 55.3 Å². The highest BCUT2D eigenvalue weighted by Crippen LogP contribution is 2.29. The van der Waals surface area contributed by atoms with Crippen LogP contribution in [0, 0.1) is 0 Å². The summed E-state index contributed by atoms with van der Waals surface area (Å²) >= 11 is 0. The lowest BCUT2D eigenvalue weighted by atomic mass is 10.1. The van der Waals surface area contributed by atoms with Gasteiger partial charge in [-0.1, -0.05) is 0 Å². The molecule has 0 aromatic carbocycles. The van der Waals surface area contributed by atoms with E-state index < -0.39 is 84.1 Å². The van der Waals surface area contributed by atoms with Crippen LogP contribution in [0.2, 0.25) is 0 Å². The number of aromatic nitrogens is 2. The van der Waals surface area contributed by atoms with Crippen LogP contribution in [0.3, 0.4) is 0 Å². The van der Waals surface area contributed by atoms with Crippen molar-refractivity contribution in [2.24, 2.45) is 0 Å². The molecule has 0 saturated carbocycles. The summed E-state index contributed by atoms with van der Waals surface area (Å²) in [5, 5.41) is 10.8. The van der Waals surface area contributed by atoms with E-state index in [4.69, 9.17) is 0 Å². The van der Waals surface area contributed by atoms with E-state index in [0.717, 1.165) is 0 Å². The standard InChI is InChI=1S/C47H60N12O10/c60-38(27-50-41(63)30-9-1-17-48-25-30)54-19-6-14-35(54)45(67)57-22-3-11-32(57)42(64)51-28-39(61)55-20-7-15-36(55)46(68)58-23-4-12-33(58)43(65)52-29-40(62)56-21-8-16-37(56)47(69)59-24-5-13-34(59)44(66)53-31-10-2-18-49-26-31/h1-2,9-10,17-18,25-26,32-37H,3-8,11-16,19-24,27-29H2,(H,50,63)(H,51,64)(H,52,65)(H,53,66)/t32-,33-,34-,35-,36-,37-/m0/s1. The first-order valence-corrected chi connectivity index (χ1v) is 24.2. The molecule has 6 fully saturated rings. The van der Waals surface area contributed by atoms with Gasteiger partial charge in [-0.15, -0.1) is 0 Å². The second kappa shape index (κ2) is 22.0. The number of hydrogen-bond donors (Lipinski definition) is 4. The summed E-state index contributed by atoms with van der Waals surface area (Å²) in [5.74, 6) is -4.23. The third-order valence-electron chi connectivity index (χ3n) is 14.2. The maximum atomic E-state index is 14.1. The number of pyridine rings is 2. The molecular weight excluding hydrogens is 893 g/mol. The number of carbonyl (C=O) groups is 10.